The smallest absolute Gasteiger partial charge is 0.309 e. The molecular weight excluding hydrogens is 584 g/mol. The Morgan fingerprint density at radius 3 is 1.64 bits per heavy atom. The van der Waals surface area contributed by atoms with E-state index < -0.39 is 23.4 Å². The van der Waals surface area contributed by atoms with Gasteiger partial charge in [-0.2, -0.15) is 11.8 Å². The van der Waals surface area contributed by atoms with E-state index in [4.69, 9.17) is 4.74 Å². The summed E-state index contributed by atoms with van der Waals surface area (Å²) in [5.74, 6) is -0.354. The predicted octanol–water partition coefficient (Wildman–Crippen LogP) is 7.80. The molecule has 3 N–H and O–H groups in total. The maximum absolute atomic E-state index is 12.3. The highest BCUT2D eigenvalue weighted by Gasteiger charge is 2.34. The van der Waals surface area contributed by atoms with Gasteiger partial charge in [0.2, 0.25) is 11.8 Å². The summed E-state index contributed by atoms with van der Waals surface area (Å²) in [6.45, 7) is 10.4. The van der Waals surface area contributed by atoms with E-state index in [1.54, 1.807) is 31.7 Å². The number of hydrogen-bond donors (Lipinski definition) is 3. The molecule has 0 saturated heterocycles. The summed E-state index contributed by atoms with van der Waals surface area (Å²) in [7, 11) is 0. The molecule has 7 nitrogen and oxygen atoms in total. The van der Waals surface area contributed by atoms with Crippen LogP contribution in [-0.4, -0.2) is 60.7 Å². The number of nitrogens with one attached hydrogen (secondary N) is 2. The molecule has 0 radical (unpaired) electrons. The molecule has 0 aliphatic carbocycles. The van der Waals surface area contributed by atoms with Gasteiger partial charge in [-0.3, -0.25) is 14.4 Å². The van der Waals surface area contributed by atoms with E-state index in [0.717, 1.165) is 44.3 Å². The second kappa shape index (κ2) is 32.6. The van der Waals surface area contributed by atoms with Crippen LogP contribution in [0.1, 0.15) is 98.8 Å². The molecule has 0 unspecified atom stereocenters. The van der Waals surface area contributed by atoms with E-state index in [9.17, 15) is 19.5 Å². The third-order valence-electron chi connectivity index (χ3n) is 6.25. The lowest BCUT2D eigenvalue weighted by molar-refractivity contribution is -0.152. The van der Waals surface area contributed by atoms with E-state index in [1.165, 1.54) is 12.8 Å². The number of unbranched alkanes of at least 4 members (excludes halogenated alkanes) is 1. The van der Waals surface area contributed by atoms with E-state index in [1.807, 2.05) is 18.4 Å². The van der Waals surface area contributed by atoms with Crippen LogP contribution in [-0.2, 0) is 19.1 Å². The van der Waals surface area contributed by atoms with Gasteiger partial charge in [0, 0.05) is 30.7 Å². The number of hydrogen-bond acceptors (Lipinski definition) is 6. The Balaban J connectivity index is 0. The van der Waals surface area contributed by atoms with Crippen LogP contribution in [0.25, 0.3) is 0 Å². The topological polar surface area (TPSA) is 105 Å². The molecule has 1 atom stereocenters. The summed E-state index contributed by atoms with van der Waals surface area (Å²) in [4.78, 5) is 36.0. The summed E-state index contributed by atoms with van der Waals surface area (Å²) in [5.41, 5.74) is -0.973. The van der Waals surface area contributed by atoms with Gasteiger partial charge in [0.1, 0.15) is 6.10 Å². The van der Waals surface area contributed by atoms with Gasteiger partial charge in [0.15, 0.2) is 0 Å². The zero-order valence-electron chi connectivity index (χ0n) is 28.9. The van der Waals surface area contributed by atoms with Crippen molar-refractivity contribution in [2.75, 3.05) is 31.7 Å². The van der Waals surface area contributed by atoms with E-state index in [-0.39, 0.29) is 31.9 Å². The average molecular weight is 647 g/mol. The molecule has 0 fully saturated rings. The maximum atomic E-state index is 12.3. The number of allylic oxidation sites excluding steroid dienone is 11. The quantitative estimate of drug-likeness (QED) is 0.0562. The second-order valence-electron chi connectivity index (χ2n) is 11.1. The van der Waals surface area contributed by atoms with E-state index in [0.29, 0.717) is 6.54 Å². The lowest BCUT2D eigenvalue weighted by Crippen LogP contribution is -2.47. The third-order valence-corrected chi connectivity index (χ3v) is 6.87. The van der Waals surface area contributed by atoms with Crippen LogP contribution in [0.2, 0.25) is 0 Å². The van der Waals surface area contributed by atoms with Crippen molar-refractivity contribution < 1.29 is 24.2 Å². The molecule has 8 heteroatoms. The molecule has 0 saturated carbocycles. The largest absolute Gasteiger partial charge is 0.465 e. The third kappa shape index (κ3) is 30.9. The summed E-state index contributed by atoms with van der Waals surface area (Å²) in [6, 6.07) is 0. The highest BCUT2D eigenvalue weighted by atomic mass is 32.2. The standard InChI is InChI=1S/C33H52N2O5S.C4H10/c1-5-6-7-8-9-10-11-12-13-14-15-16-17-18-19-20-21-22-23-30(37)40-28-33(2,3)31(38)32(39)35-25-24-29(36)34-26-27-41-4;1-3-4-2/h6-7,9-10,12-13,15-16,18-19,21-22,31,38H,5,8,11,14,17,20,23-28H2,1-4H3,(H,34,36)(H,35,39);3-4H2,1-2H3/b7-6-,10-9-,13-12-,16-15-,19-18-,22-21-;/t31-;/m0./s1. The first kappa shape index (κ1) is 44.3. The van der Waals surface area contributed by atoms with Gasteiger partial charge in [-0.15, -0.1) is 0 Å². The maximum Gasteiger partial charge on any atom is 0.309 e. The number of esters is 1. The van der Waals surface area contributed by atoms with Crippen molar-refractivity contribution >= 4 is 29.5 Å². The molecule has 0 aliphatic heterocycles. The van der Waals surface area contributed by atoms with Gasteiger partial charge in [0.05, 0.1) is 13.0 Å². The minimum atomic E-state index is -1.37. The molecule has 0 aromatic heterocycles. The number of carbonyl (C=O) groups excluding carboxylic acids is 3. The van der Waals surface area contributed by atoms with Crippen molar-refractivity contribution in [3.63, 3.8) is 0 Å². The Morgan fingerprint density at radius 2 is 1.20 bits per heavy atom. The normalized spacial score (nSPS) is 12.9. The minimum absolute atomic E-state index is 0.0990. The number of amides is 2. The summed E-state index contributed by atoms with van der Waals surface area (Å²) in [5, 5.41) is 15.7. The summed E-state index contributed by atoms with van der Waals surface area (Å²) >= 11 is 1.63. The lowest BCUT2D eigenvalue weighted by Gasteiger charge is -2.28. The van der Waals surface area contributed by atoms with Gasteiger partial charge in [0.25, 0.3) is 0 Å². The average Bonchev–Trinajstić information content (AvgIpc) is 3.03. The first-order valence-electron chi connectivity index (χ1n) is 16.4. The number of aliphatic hydroxyl groups excluding tert-OH is 1. The van der Waals surface area contributed by atoms with E-state index in [2.05, 4.69) is 86.1 Å². The highest BCUT2D eigenvalue weighted by molar-refractivity contribution is 7.98. The second-order valence-corrected chi connectivity index (χ2v) is 12.0. The number of carbonyl (C=O) groups is 3. The van der Waals surface area contributed by atoms with Crippen molar-refractivity contribution in [1.29, 1.82) is 0 Å². The van der Waals surface area contributed by atoms with Crippen LogP contribution in [0.5, 0.6) is 0 Å². The van der Waals surface area contributed by atoms with Gasteiger partial charge in [-0.05, 0) is 44.8 Å². The van der Waals surface area contributed by atoms with Crippen LogP contribution >= 0.6 is 11.8 Å². The van der Waals surface area contributed by atoms with Gasteiger partial charge in [-0.1, -0.05) is 120 Å². The fraction of sp³-hybridized carbons (Fsp3) is 0.595. The van der Waals surface area contributed by atoms with Crippen LogP contribution in [0.4, 0.5) is 0 Å². The van der Waals surface area contributed by atoms with Crippen LogP contribution in [0.15, 0.2) is 72.9 Å². The predicted molar refractivity (Wildman–Crippen MR) is 193 cm³/mol. The zero-order chi connectivity index (χ0) is 34.0. The molecule has 0 rings (SSSR count). The molecule has 2 amide bonds. The molecule has 0 aromatic carbocycles. The van der Waals surface area contributed by atoms with E-state index >= 15 is 0 Å². The number of aliphatic hydroxyl groups is 1. The molecule has 0 aliphatic rings. The van der Waals surface area contributed by atoms with Crippen molar-refractivity contribution in [2.45, 2.75) is 105 Å². The first-order valence-corrected chi connectivity index (χ1v) is 17.8. The SMILES string of the molecule is CC/C=C\C/C=C\C/C=C\C/C=C\C/C=C\C/C=C\CC(=O)OCC(C)(C)[C@@H](O)C(=O)NCCC(=O)NCCSC.CCCC. The van der Waals surface area contributed by atoms with Gasteiger partial charge in [-0.25, -0.2) is 0 Å². The molecule has 0 spiro atoms. The van der Waals surface area contributed by atoms with Crippen molar-refractivity contribution in [3.8, 4) is 0 Å². The number of rotatable bonds is 24. The van der Waals surface area contributed by atoms with Crippen LogP contribution in [0.3, 0.4) is 0 Å². The highest BCUT2D eigenvalue weighted by Crippen LogP contribution is 2.21. The number of ether oxygens (including phenoxy) is 1. The van der Waals surface area contributed by atoms with Crippen molar-refractivity contribution in [3.05, 3.63) is 72.9 Å². The van der Waals surface area contributed by atoms with Crippen molar-refractivity contribution in [2.24, 2.45) is 5.41 Å². The molecule has 45 heavy (non-hydrogen) atoms. The molecule has 0 bridgehead atoms. The Labute approximate surface area is 278 Å². The monoisotopic (exact) mass is 646 g/mol. The van der Waals surface area contributed by atoms with Crippen LogP contribution < -0.4 is 10.6 Å². The fourth-order valence-electron chi connectivity index (χ4n) is 3.24. The Morgan fingerprint density at radius 1 is 0.733 bits per heavy atom. The molecule has 256 valence electrons. The van der Waals surface area contributed by atoms with Gasteiger partial charge >= 0.3 is 5.97 Å². The summed E-state index contributed by atoms with van der Waals surface area (Å²) in [6.07, 6.45) is 34.2. The van der Waals surface area contributed by atoms with Crippen LogP contribution in [0, 0.1) is 5.41 Å². The lowest BCUT2D eigenvalue weighted by atomic mass is 9.87. The van der Waals surface area contributed by atoms with Gasteiger partial charge < -0.3 is 20.5 Å². The minimum Gasteiger partial charge on any atom is -0.465 e. The molecular formula is C37H62N2O5S. The first-order chi connectivity index (χ1) is 21.7. The Kier molecular flexibility index (Phi) is 32.0. The zero-order valence-corrected chi connectivity index (χ0v) is 29.7. The fourth-order valence-corrected chi connectivity index (χ4v) is 3.54. The Hall–Kier alpha value is -2.84. The Bertz CT molecular complexity index is 933. The summed E-state index contributed by atoms with van der Waals surface area (Å²) < 4.78 is 5.27. The molecule has 0 heterocycles. The molecule has 0 aromatic rings. The number of thioether (sulfide) groups is 1. The van der Waals surface area contributed by atoms with Crippen molar-refractivity contribution in [1.82, 2.24) is 10.6 Å².